The van der Waals surface area contributed by atoms with Gasteiger partial charge in [-0.1, -0.05) is 41.4 Å². The van der Waals surface area contributed by atoms with Crippen LogP contribution in [0.15, 0.2) is 18.5 Å². The van der Waals surface area contributed by atoms with Crippen LogP contribution in [0.3, 0.4) is 0 Å². The Hall–Kier alpha value is -0.610. The fourth-order valence-electron chi connectivity index (χ4n) is 1.61. The first-order valence-electron chi connectivity index (χ1n) is 5.90. The molecule has 0 bridgehead atoms. The van der Waals surface area contributed by atoms with E-state index in [0.29, 0.717) is 17.1 Å². The molecule has 0 atom stereocenters. The second-order valence-electron chi connectivity index (χ2n) is 4.99. The van der Waals surface area contributed by atoms with E-state index in [1.807, 2.05) is 0 Å². The van der Waals surface area contributed by atoms with Crippen LogP contribution in [0.2, 0.25) is 5.02 Å². The average molecular weight is 334 g/mol. The van der Waals surface area contributed by atoms with Gasteiger partial charge in [-0.05, 0) is 24.3 Å². The maximum Gasteiger partial charge on any atom is 0.252 e. The zero-order valence-electron chi connectivity index (χ0n) is 10.7. The third kappa shape index (κ3) is 4.94. The van der Waals surface area contributed by atoms with Gasteiger partial charge in [-0.15, -0.1) is 0 Å². The highest BCUT2D eigenvalue weighted by Gasteiger charge is 2.19. The van der Waals surface area contributed by atoms with Gasteiger partial charge in [0.1, 0.15) is 0 Å². The molecule has 1 heterocycles. The first-order chi connectivity index (χ1) is 8.46. The van der Waals surface area contributed by atoms with E-state index in [4.69, 9.17) is 11.6 Å². The number of hydrogen-bond acceptors (Lipinski definition) is 2. The summed E-state index contributed by atoms with van der Waals surface area (Å²) in [6.07, 6.45) is 5.20. The van der Waals surface area contributed by atoms with Crippen molar-refractivity contribution in [2.45, 2.75) is 26.7 Å². The van der Waals surface area contributed by atoms with Crippen LogP contribution in [-0.4, -0.2) is 22.8 Å². The lowest BCUT2D eigenvalue weighted by Crippen LogP contribution is -2.34. The number of nitrogens with zero attached hydrogens (tertiary/aromatic N) is 1. The minimum atomic E-state index is -0.144. The molecular weight excluding hydrogens is 316 g/mol. The van der Waals surface area contributed by atoms with E-state index in [1.165, 1.54) is 6.20 Å². The van der Waals surface area contributed by atoms with Gasteiger partial charge in [0.15, 0.2) is 0 Å². The second kappa shape index (κ2) is 7.10. The summed E-state index contributed by atoms with van der Waals surface area (Å²) in [6, 6.07) is 1.63. The Morgan fingerprint density at radius 2 is 2.28 bits per heavy atom. The first kappa shape index (κ1) is 15.4. The van der Waals surface area contributed by atoms with E-state index in [0.717, 1.165) is 18.2 Å². The Balaban J connectivity index is 2.54. The molecule has 0 spiro atoms. The molecule has 0 radical (unpaired) electrons. The molecule has 0 aliphatic carbocycles. The van der Waals surface area contributed by atoms with Gasteiger partial charge in [0, 0.05) is 24.3 Å². The van der Waals surface area contributed by atoms with Crippen molar-refractivity contribution in [3.8, 4) is 0 Å². The lowest BCUT2D eigenvalue weighted by atomic mass is 9.88. The fourth-order valence-corrected chi connectivity index (χ4v) is 2.09. The number of halogens is 2. The van der Waals surface area contributed by atoms with Gasteiger partial charge >= 0.3 is 0 Å². The number of carbonyl (C=O) groups is 1. The number of nitrogens with one attached hydrogen (secondary N) is 1. The van der Waals surface area contributed by atoms with Gasteiger partial charge < -0.3 is 5.32 Å². The summed E-state index contributed by atoms with van der Waals surface area (Å²) in [7, 11) is 0. The van der Waals surface area contributed by atoms with Crippen molar-refractivity contribution >= 4 is 33.4 Å². The van der Waals surface area contributed by atoms with Crippen LogP contribution in [0.4, 0.5) is 0 Å². The monoisotopic (exact) mass is 332 g/mol. The summed E-state index contributed by atoms with van der Waals surface area (Å²) in [4.78, 5) is 15.8. The average Bonchev–Trinajstić information content (AvgIpc) is 2.34. The Kier molecular flexibility index (Phi) is 6.09. The van der Waals surface area contributed by atoms with Crippen molar-refractivity contribution in [2.75, 3.05) is 11.9 Å². The minimum Gasteiger partial charge on any atom is -0.351 e. The number of hydrogen-bond donors (Lipinski definition) is 1. The van der Waals surface area contributed by atoms with Crippen LogP contribution in [0.5, 0.6) is 0 Å². The predicted molar refractivity (Wildman–Crippen MR) is 78.4 cm³/mol. The van der Waals surface area contributed by atoms with E-state index >= 15 is 0 Å². The number of amides is 1. The molecule has 1 aromatic rings. The maximum atomic E-state index is 12.0. The number of alkyl halides is 1. The molecule has 100 valence electrons. The van der Waals surface area contributed by atoms with Crippen LogP contribution < -0.4 is 5.32 Å². The smallest absolute Gasteiger partial charge is 0.252 e. The quantitative estimate of drug-likeness (QED) is 0.807. The highest BCUT2D eigenvalue weighted by molar-refractivity contribution is 9.09. The van der Waals surface area contributed by atoms with Crippen LogP contribution in [0, 0.1) is 5.41 Å². The van der Waals surface area contributed by atoms with E-state index < -0.39 is 0 Å². The SMILES string of the molecule is CC(C)(CCCBr)CNC(=O)c1ccncc1Cl. The molecule has 0 saturated carbocycles. The third-order valence-electron chi connectivity index (χ3n) is 2.73. The van der Waals surface area contributed by atoms with Gasteiger partial charge in [-0.2, -0.15) is 0 Å². The second-order valence-corrected chi connectivity index (χ2v) is 6.20. The van der Waals surface area contributed by atoms with Crippen molar-refractivity contribution in [3.63, 3.8) is 0 Å². The summed E-state index contributed by atoms with van der Waals surface area (Å²) in [6.45, 7) is 4.92. The van der Waals surface area contributed by atoms with E-state index in [1.54, 1.807) is 12.3 Å². The first-order valence-corrected chi connectivity index (χ1v) is 7.40. The van der Waals surface area contributed by atoms with Crippen LogP contribution >= 0.6 is 27.5 Å². The summed E-state index contributed by atoms with van der Waals surface area (Å²) in [5.41, 5.74) is 0.561. The maximum absolute atomic E-state index is 12.0. The number of aromatic nitrogens is 1. The van der Waals surface area contributed by atoms with Gasteiger partial charge in [-0.3, -0.25) is 9.78 Å². The molecule has 3 nitrogen and oxygen atoms in total. The molecule has 0 aliphatic heterocycles. The Morgan fingerprint density at radius 3 is 2.89 bits per heavy atom. The van der Waals surface area contributed by atoms with Crippen LogP contribution in [0.1, 0.15) is 37.0 Å². The van der Waals surface area contributed by atoms with Gasteiger partial charge in [0.05, 0.1) is 10.6 Å². The van der Waals surface area contributed by atoms with Gasteiger partial charge in [0.2, 0.25) is 0 Å². The number of carbonyl (C=O) groups excluding carboxylic acids is 1. The molecule has 0 fully saturated rings. The van der Waals surface area contributed by atoms with Crippen molar-refractivity contribution < 1.29 is 4.79 Å². The number of pyridine rings is 1. The summed E-state index contributed by atoms with van der Waals surface area (Å²) >= 11 is 9.34. The largest absolute Gasteiger partial charge is 0.351 e. The Labute approximate surface area is 121 Å². The summed E-state index contributed by atoms with van der Waals surface area (Å²) in [5.74, 6) is -0.144. The topological polar surface area (TPSA) is 42.0 Å². The standard InChI is InChI=1S/C13H18BrClN2O/c1-13(2,5-3-6-14)9-17-12(18)10-4-7-16-8-11(10)15/h4,7-8H,3,5-6,9H2,1-2H3,(H,17,18). The molecular formula is C13H18BrClN2O. The van der Waals surface area contributed by atoms with Gasteiger partial charge in [-0.25, -0.2) is 0 Å². The fraction of sp³-hybridized carbons (Fsp3) is 0.538. The zero-order chi connectivity index (χ0) is 13.6. The van der Waals surface area contributed by atoms with Crippen molar-refractivity contribution in [3.05, 3.63) is 29.0 Å². The number of rotatable bonds is 6. The van der Waals surface area contributed by atoms with Crippen LogP contribution in [0.25, 0.3) is 0 Å². The molecule has 0 aliphatic rings. The Bertz CT molecular complexity index is 410. The molecule has 1 amide bonds. The Morgan fingerprint density at radius 1 is 1.56 bits per heavy atom. The molecule has 0 aromatic carbocycles. The molecule has 0 unspecified atom stereocenters. The molecule has 1 aromatic heterocycles. The van der Waals surface area contributed by atoms with Crippen molar-refractivity contribution in [1.82, 2.24) is 10.3 Å². The lowest BCUT2D eigenvalue weighted by molar-refractivity contribution is 0.0934. The molecule has 0 saturated heterocycles. The van der Waals surface area contributed by atoms with Crippen LogP contribution in [-0.2, 0) is 0 Å². The molecule has 5 heteroatoms. The molecule has 1 rings (SSSR count). The van der Waals surface area contributed by atoms with Crippen molar-refractivity contribution in [1.29, 1.82) is 0 Å². The summed E-state index contributed by atoms with van der Waals surface area (Å²) < 4.78 is 0. The van der Waals surface area contributed by atoms with Gasteiger partial charge in [0.25, 0.3) is 5.91 Å². The highest BCUT2D eigenvalue weighted by Crippen LogP contribution is 2.22. The molecule has 1 N–H and O–H groups in total. The predicted octanol–water partition coefficient (Wildman–Crippen LogP) is 3.67. The van der Waals surface area contributed by atoms with Crippen molar-refractivity contribution in [2.24, 2.45) is 5.41 Å². The highest BCUT2D eigenvalue weighted by atomic mass is 79.9. The molecule has 18 heavy (non-hydrogen) atoms. The normalized spacial score (nSPS) is 11.3. The van der Waals surface area contributed by atoms with E-state index in [2.05, 4.69) is 40.1 Å². The lowest BCUT2D eigenvalue weighted by Gasteiger charge is -2.24. The third-order valence-corrected chi connectivity index (χ3v) is 3.59. The van der Waals surface area contributed by atoms with E-state index in [-0.39, 0.29) is 11.3 Å². The summed E-state index contributed by atoms with van der Waals surface area (Å²) in [5, 5.41) is 4.29. The zero-order valence-corrected chi connectivity index (χ0v) is 13.0. The minimum absolute atomic E-state index is 0.0862. The van der Waals surface area contributed by atoms with E-state index in [9.17, 15) is 4.79 Å².